The molecule has 2 aromatic rings. The number of aryl methyl sites for hydroxylation is 1. The zero-order valence-corrected chi connectivity index (χ0v) is 17.0. The van der Waals surface area contributed by atoms with Gasteiger partial charge >= 0.3 is 0 Å². The van der Waals surface area contributed by atoms with Crippen molar-refractivity contribution in [3.8, 4) is 11.5 Å². The summed E-state index contributed by atoms with van der Waals surface area (Å²) in [7, 11) is 3.16. The molecule has 1 atom stereocenters. The molecule has 150 valence electrons. The van der Waals surface area contributed by atoms with Gasteiger partial charge in [0, 0.05) is 48.2 Å². The normalized spacial score (nSPS) is 19.3. The average Bonchev–Trinajstić information content (AvgIpc) is 2.73. The fraction of sp³-hybridized carbons (Fsp3) is 0.333. The van der Waals surface area contributed by atoms with Crippen LogP contribution in [-0.4, -0.2) is 25.9 Å². The lowest BCUT2D eigenvalue weighted by molar-refractivity contribution is -0.119. The van der Waals surface area contributed by atoms with Gasteiger partial charge in [0.25, 0.3) is 0 Å². The molecule has 0 bridgehead atoms. The molecule has 29 heavy (non-hydrogen) atoms. The number of amides is 1. The van der Waals surface area contributed by atoms with Crippen LogP contribution in [0.15, 0.2) is 53.7 Å². The molecule has 0 spiro atoms. The standard InChI is InChI=1S/C24H25NO4/c1-15-7-9-16(10-8-15)20-14-23(27)25(21-5-4-6-22(26)24(20)21)17-11-18(28-2)13-19(12-17)29-3/h7-13,20H,4-6,14H2,1-3H3. The molecule has 1 aliphatic carbocycles. The van der Waals surface area contributed by atoms with E-state index < -0.39 is 0 Å². The molecule has 1 heterocycles. The number of hydrogen-bond donors (Lipinski definition) is 0. The number of carbonyl (C=O) groups excluding carboxylic acids is 2. The first-order valence-electron chi connectivity index (χ1n) is 9.90. The maximum atomic E-state index is 13.3. The van der Waals surface area contributed by atoms with E-state index in [0.29, 0.717) is 30.0 Å². The summed E-state index contributed by atoms with van der Waals surface area (Å²) in [6, 6.07) is 13.5. The molecule has 0 N–H and O–H groups in total. The number of carbonyl (C=O) groups is 2. The highest BCUT2D eigenvalue weighted by molar-refractivity contribution is 6.07. The van der Waals surface area contributed by atoms with Gasteiger partial charge in [-0.15, -0.1) is 0 Å². The first-order chi connectivity index (χ1) is 14.0. The number of nitrogens with zero attached hydrogens (tertiary/aromatic N) is 1. The topological polar surface area (TPSA) is 55.8 Å². The van der Waals surface area contributed by atoms with Crippen molar-refractivity contribution in [1.82, 2.24) is 0 Å². The van der Waals surface area contributed by atoms with Gasteiger partial charge in [0.1, 0.15) is 11.5 Å². The Labute approximate surface area is 170 Å². The molecule has 0 fully saturated rings. The Morgan fingerprint density at radius 3 is 2.21 bits per heavy atom. The zero-order valence-electron chi connectivity index (χ0n) is 17.0. The first-order valence-corrected chi connectivity index (χ1v) is 9.90. The van der Waals surface area contributed by atoms with Crippen LogP contribution in [-0.2, 0) is 9.59 Å². The second-order valence-electron chi connectivity index (χ2n) is 7.60. The van der Waals surface area contributed by atoms with Crippen molar-refractivity contribution in [3.63, 3.8) is 0 Å². The molecular weight excluding hydrogens is 366 g/mol. The number of Topliss-reactive ketones (excluding diaryl/α,β-unsaturated/α-hetero) is 1. The number of allylic oxidation sites excluding steroid dienone is 2. The number of benzene rings is 2. The fourth-order valence-electron chi connectivity index (χ4n) is 4.30. The van der Waals surface area contributed by atoms with E-state index in [4.69, 9.17) is 9.47 Å². The van der Waals surface area contributed by atoms with Crippen LogP contribution < -0.4 is 14.4 Å². The molecule has 1 amide bonds. The second-order valence-corrected chi connectivity index (χ2v) is 7.60. The summed E-state index contributed by atoms with van der Waals surface area (Å²) in [6.07, 6.45) is 2.26. The van der Waals surface area contributed by atoms with E-state index in [0.717, 1.165) is 28.8 Å². The SMILES string of the molecule is COc1cc(OC)cc(N2C(=O)CC(c3ccc(C)cc3)C3=C2CCCC3=O)c1. The Kier molecular flexibility index (Phi) is 5.14. The zero-order chi connectivity index (χ0) is 20.5. The van der Waals surface area contributed by atoms with Crippen LogP contribution in [0.5, 0.6) is 11.5 Å². The molecule has 0 aromatic heterocycles. The highest BCUT2D eigenvalue weighted by atomic mass is 16.5. The van der Waals surface area contributed by atoms with Gasteiger partial charge in [-0.2, -0.15) is 0 Å². The Bertz CT molecular complexity index is 968. The first kappa shape index (κ1) is 19.2. The van der Waals surface area contributed by atoms with Crippen LogP contribution in [0, 0.1) is 6.92 Å². The lowest BCUT2D eigenvalue weighted by atomic mass is 9.77. The van der Waals surface area contributed by atoms with Crippen molar-refractivity contribution in [3.05, 3.63) is 64.9 Å². The number of ether oxygens (including phenoxy) is 2. The van der Waals surface area contributed by atoms with Gasteiger partial charge in [-0.05, 0) is 25.3 Å². The highest BCUT2D eigenvalue weighted by Crippen LogP contribution is 2.44. The van der Waals surface area contributed by atoms with Crippen molar-refractivity contribution in [2.24, 2.45) is 0 Å². The Morgan fingerprint density at radius 2 is 1.59 bits per heavy atom. The van der Waals surface area contributed by atoms with Crippen molar-refractivity contribution in [2.45, 2.75) is 38.5 Å². The van der Waals surface area contributed by atoms with Gasteiger partial charge in [0.05, 0.1) is 19.9 Å². The summed E-state index contributed by atoms with van der Waals surface area (Å²) in [5, 5.41) is 0. The van der Waals surface area contributed by atoms with E-state index in [-0.39, 0.29) is 24.0 Å². The minimum atomic E-state index is -0.186. The molecule has 0 saturated heterocycles. The minimum Gasteiger partial charge on any atom is -0.497 e. The van der Waals surface area contributed by atoms with Gasteiger partial charge in [-0.3, -0.25) is 14.5 Å². The van der Waals surface area contributed by atoms with Crippen molar-refractivity contribution < 1.29 is 19.1 Å². The molecule has 0 radical (unpaired) electrons. The summed E-state index contributed by atoms with van der Waals surface area (Å²) in [5.74, 6) is 1.16. The molecule has 4 rings (SSSR count). The van der Waals surface area contributed by atoms with Crippen molar-refractivity contribution in [2.75, 3.05) is 19.1 Å². The van der Waals surface area contributed by atoms with Crippen LogP contribution in [0.2, 0.25) is 0 Å². The van der Waals surface area contributed by atoms with E-state index in [9.17, 15) is 9.59 Å². The van der Waals surface area contributed by atoms with E-state index in [1.54, 1.807) is 25.2 Å². The predicted molar refractivity (Wildman–Crippen MR) is 111 cm³/mol. The quantitative estimate of drug-likeness (QED) is 0.768. The number of hydrogen-bond acceptors (Lipinski definition) is 4. The number of methoxy groups -OCH3 is 2. The Morgan fingerprint density at radius 1 is 0.931 bits per heavy atom. The van der Waals surface area contributed by atoms with E-state index >= 15 is 0 Å². The third-order valence-electron chi connectivity index (χ3n) is 5.75. The highest BCUT2D eigenvalue weighted by Gasteiger charge is 2.39. The van der Waals surface area contributed by atoms with Gasteiger partial charge in [0.2, 0.25) is 5.91 Å². The number of rotatable bonds is 4. The summed E-state index contributed by atoms with van der Waals surface area (Å²) in [6.45, 7) is 2.03. The van der Waals surface area contributed by atoms with Crippen LogP contribution in [0.1, 0.15) is 42.7 Å². The van der Waals surface area contributed by atoms with Crippen LogP contribution >= 0.6 is 0 Å². The summed E-state index contributed by atoms with van der Waals surface area (Å²) < 4.78 is 10.8. The predicted octanol–water partition coefficient (Wildman–Crippen LogP) is 4.54. The molecule has 0 saturated carbocycles. The maximum absolute atomic E-state index is 13.3. The molecule has 2 aliphatic rings. The largest absolute Gasteiger partial charge is 0.497 e. The molecule has 5 heteroatoms. The molecule has 1 unspecified atom stereocenters. The summed E-state index contributed by atoms with van der Waals surface area (Å²) in [4.78, 5) is 28.0. The lowest BCUT2D eigenvalue weighted by Gasteiger charge is -2.38. The van der Waals surface area contributed by atoms with Crippen molar-refractivity contribution in [1.29, 1.82) is 0 Å². The van der Waals surface area contributed by atoms with Crippen LogP contribution in [0.25, 0.3) is 0 Å². The summed E-state index contributed by atoms with van der Waals surface area (Å²) in [5.41, 5.74) is 4.45. The van der Waals surface area contributed by atoms with Gasteiger partial charge in [-0.25, -0.2) is 0 Å². The van der Waals surface area contributed by atoms with Gasteiger partial charge < -0.3 is 9.47 Å². The Hall–Kier alpha value is -3.08. The van der Waals surface area contributed by atoms with E-state index in [1.807, 2.05) is 43.3 Å². The molecule has 5 nitrogen and oxygen atoms in total. The van der Waals surface area contributed by atoms with E-state index in [2.05, 4.69) is 0 Å². The number of ketones is 1. The van der Waals surface area contributed by atoms with E-state index in [1.165, 1.54) is 0 Å². The Balaban J connectivity index is 1.85. The van der Waals surface area contributed by atoms with Crippen LogP contribution in [0.4, 0.5) is 5.69 Å². The minimum absolute atomic E-state index is 0.0145. The monoisotopic (exact) mass is 391 g/mol. The lowest BCUT2D eigenvalue weighted by Crippen LogP contribution is -2.40. The van der Waals surface area contributed by atoms with Crippen LogP contribution in [0.3, 0.4) is 0 Å². The summed E-state index contributed by atoms with van der Waals surface area (Å²) >= 11 is 0. The third kappa shape index (κ3) is 3.53. The van der Waals surface area contributed by atoms with Crippen molar-refractivity contribution >= 4 is 17.4 Å². The molecular formula is C24H25NO4. The third-order valence-corrected chi connectivity index (χ3v) is 5.75. The molecule has 1 aliphatic heterocycles. The van der Waals surface area contributed by atoms with Gasteiger partial charge in [0.15, 0.2) is 5.78 Å². The second kappa shape index (κ2) is 7.74. The average molecular weight is 391 g/mol. The van der Waals surface area contributed by atoms with Gasteiger partial charge in [-0.1, -0.05) is 29.8 Å². The smallest absolute Gasteiger partial charge is 0.232 e. The fourth-order valence-corrected chi connectivity index (χ4v) is 4.30. The molecule has 2 aromatic carbocycles. The number of anilines is 1. The maximum Gasteiger partial charge on any atom is 0.232 e.